The molecule has 0 aliphatic carbocycles. The molecule has 2 N–H and O–H groups in total. The van der Waals surface area contributed by atoms with Gasteiger partial charge in [-0.05, 0) is 43.7 Å². The summed E-state index contributed by atoms with van der Waals surface area (Å²) in [5.74, 6) is -2.25. The van der Waals surface area contributed by atoms with Gasteiger partial charge in [-0.1, -0.05) is 6.07 Å². The fourth-order valence-corrected chi connectivity index (χ4v) is 4.18. The molecule has 13 nitrogen and oxygen atoms in total. The topological polar surface area (TPSA) is 161 Å². The minimum Gasteiger partial charge on any atom is -0.477 e. The highest BCUT2D eigenvalue weighted by Crippen LogP contribution is 2.11. The van der Waals surface area contributed by atoms with Crippen molar-refractivity contribution in [3.63, 3.8) is 0 Å². The van der Waals surface area contributed by atoms with E-state index in [4.69, 9.17) is 18.9 Å². The van der Waals surface area contributed by atoms with E-state index in [2.05, 4.69) is 19.8 Å². The zero-order valence-corrected chi connectivity index (χ0v) is 25.3. The summed E-state index contributed by atoms with van der Waals surface area (Å²) in [6.07, 6.45) is 0.149. The Labute approximate surface area is 252 Å². The average molecular weight is 605 g/mol. The van der Waals surface area contributed by atoms with Crippen LogP contribution in [-0.2, 0) is 43.3 Å². The maximum absolute atomic E-state index is 11.6. The number of aromatic nitrogens is 2. The molecule has 0 saturated heterocycles. The lowest BCUT2D eigenvalue weighted by molar-refractivity contribution is -0.116. The number of Topliss-reactive ketones (excluding diaryl/α,β-unsaturated/α-hetero) is 1. The van der Waals surface area contributed by atoms with Crippen molar-refractivity contribution in [1.82, 2.24) is 19.8 Å². The fraction of sp³-hybridized carbons (Fsp3) is 0.567. The maximum atomic E-state index is 11.6. The number of carboxylic acids is 2. The van der Waals surface area contributed by atoms with Crippen LogP contribution in [0.2, 0.25) is 0 Å². The van der Waals surface area contributed by atoms with Gasteiger partial charge in [0.05, 0.1) is 51.0 Å². The molecule has 0 fully saturated rings. The van der Waals surface area contributed by atoms with Gasteiger partial charge in [-0.25, -0.2) is 19.6 Å². The molecule has 0 aliphatic rings. The predicted octanol–water partition coefficient (Wildman–Crippen LogP) is 2.02. The van der Waals surface area contributed by atoms with E-state index in [9.17, 15) is 24.6 Å². The molecule has 2 heterocycles. The number of methoxy groups -OCH3 is 1. The van der Waals surface area contributed by atoms with Gasteiger partial charge in [0.2, 0.25) is 0 Å². The Kier molecular flexibility index (Phi) is 17.1. The first-order chi connectivity index (χ1) is 20.7. The second-order valence-electron chi connectivity index (χ2n) is 9.82. The van der Waals surface area contributed by atoms with Gasteiger partial charge in [-0.3, -0.25) is 14.6 Å². The molecule has 43 heavy (non-hydrogen) atoms. The van der Waals surface area contributed by atoms with Crippen LogP contribution in [0.3, 0.4) is 0 Å². The monoisotopic (exact) mass is 604 g/mol. The molecule has 2 aromatic rings. The smallest absolute Gasteiger partial charge is 0.354 e. The van der Waals surface area contributed by atoms with Crippen LogP contribution in [0, 0.1) is 0 Å². The number of carboxylic acid groups (broad SMARTS) is 2. The summed E-state index contributed by atoms with van der Waals surface area (Å²) in [5, 5.41) is 18.6. The van der Waals surface area contributed by atoms with Gasteiger partial charge in [-0.2, -0.15) is 0 Å². The van der Waals surface area contributed by atoms with Crippen molar-refractivity contribution < 1.29 is 43.5 Å². The molecule has 2 rings (SSSR count). The van der Waals surface area contributed by atoms with E-state index < -0.39 is 11.9 Å². The second-order valence-corrected chi connectivity index (χ2v) is 9.82. The van der Waals surface area contributed by atoms with Crippen molar-refractivity contribution >= 4 is 17.7 Å². The molecular formula is C30H44N4O9. The number of carbonyl (C=O) groups is 3. The van der Waals surface area contributed by atoms with E-state index in [0.29, 0.717) is 102 Å². The zero-order chi connectivity index (χ0) is 31.5. The Hall–Kier alpha value is -3.33. The number of nitrogens with zero attached hydrogens (tertiary/aromatic N) is 4. The fourth-order valence-electron chi connectivity index (χ4n) is 4.18. The van der Waals surface area contributed by atoms with Crippen LogP contribution in [0.5, 0.6) is 0 Å². The van der Waals surface area contributed by atoms with Gasteiger partial charge < -0.3 is 29.2 Å². The standard InChI is InChI=1S/C30H44N4O9/c1-4-41-13-9-34(21-25-6-5-7-27(31-25)29(36)37)11-15-43-17-16-42-14-10-33(8-12-40-3)22-26-19-24(18-23(2)35)20-28(32-26)30(38)39/h5-7,19-20H,4,8-18,21-22H2,1-3H3,(H,36,37)(H,38,39). The van der Waals surface area contributed by atoms with E-state index >= 15 is 0 Å². The second kappa shape index (κ2) is 20.6. The lowest BCUT2D eigenvalue weighted by Gasteiger charge is -2.22. The minimum atomic E-state index is -1.14. The van der Waals surface area contributed by atoms with Gasteiger partial charge in [0.15, 0.2) is 0 Å². The van der Waals surface area contributed by atoms with Crippen molar-refractivity contribution in [2.24, 2.45) is 0 Å². The summed E-state index contributed by atoms with van der Waals surface area (Å²) in [6, 6.07) is 8.15. The molecule has 0 spiro atoms. The summed E-state index contributed by atoms with van der Waals surface area (Å²) in [7, 11) is 1.61. The van der Waals surface area contributed by atoms with E-state index in [0.717, 1.165) is 0 Å². The zero-order valence-electron chi connectivity index (χ0n) is 25.3. The van der Waals surface area contributed by atoms with Gasteiger partial charge in [0.25, 0.3) is 0 Å². The third kappa shape index (κ3) is 15.1. The van der Waals surface area contributed by atoms with Crippen LogP contribution >= 0.6 is 0 Å². The number of aromatic carboxylic acids is 2. The molecule has 0 radical (unpaired) electrons. The predicted molar refractivity (Wildman–Crippen MR) is 157 cm³/mol. The lowest BCUT2D eigenvalue weighted by atomic mass is 10.1. The van der Waals surface area contributed by atoms with Gasteiger partial charge in [0, 0.05) is 59.4 Å². The summed E-state index contributed by atoms with van der Waals surface area (Å²) in [4.78, 5) is 47.0. The molecule has 0 bridgehead atoms. The van der Waals surface area contributed by atoms with Crippen molar-refractivity contribution in [2.75, 3.05) is 79.5 Å². The molecule has 13 heteroatoms. The number of hydrogen-bond donors (Lipinski definition) is 2. The Bertz CT molecular complexity index is 1150. The summed E-state index contributed by atoms with van der Waals surface area (Å²) < 4.78 is 22.2. The van der Waals surface area contributed by atoms with Gasteiger partial charge >= 0.3 is 11.9 Å². The van der Waals surface area contributed by atoms with Crippen molar-refractivity contribution in [3.05, 3.63) is 58.7 Å². The molecule has 2 aromatic heterocycles. The van der Waals surface area contributed by atoms with Crippen LogP contribution in [0.15, 0.2) is 30.3 Å². The van der Waals surface area contributed by atoms with Crippen LogP contribution in [0.4, 0.5) is 0 Å². The third-order valence-corrected chi connectivity index (χ3v) is 6.25. The quantitative estimate of drug-likeness (QED) is 0.168. The van der Waals surface area contributed by atoms with Crippen LogP contribution in [0.1, 0.15) is 51.8 Å². The Morgan fingerprint density at radius 3 is 1.86 bits per heavy atom. The van der Waals surface area contributed by atoms with E-state index in [-0.39, 0.29) is 23.6 Å². The van der Waals surface area contributed by atoms with Crippen LogP contribution < -0.4 is 0 Å². The molecule has 238 valence electrons. The number of ketones is 1. The van der Waals surface area contributed by atoms with Crippen molar-refractivity contribution in [2.45, 2.75) is 33.4 Å². The molecule has 0 unspecified atom stereocenters. The molecule has 0 aromatic carbocycles. The maximum Gasteiger partial charge on any atom is 0.354 e. The number of rotatable bonds is 24. The Balaban J connectivity index is 1.79. The largest absolute Gasteiger partial charge is 0.477 e. The van der Waals surface area contributed by atoms with Gasteiger partial charge in [0.1, 0.15) is 17.2 Å². The van der Waals surface area contributed by atoms with E-state index in [1.807, 2.05) is 6.92 Å². The van der Waals surface area contributed by atoms with E-state index in [1.54, 1.807) is 25.3 Å². The van der Waals surface area contributed by atoms with Crippen LogP contribution in [0.25, 0.3) is 0 Å². The molecular weight excluding hydrogens is 560 g/mol. The minimum absolute atomic E-state index is 0.0132. The number of pyridine rings is 2. The third-order valence-electron chi connectivity index (χ3n) is 6.25. The first kappa shape index (κ1) is 35.9. The number of ether oxygens (including phenoxy) is 4. The highest BCUT2D eigenvalue weighted by Gasteiger charge is 2.14. The molecule has 0 aliphatic heterocycles. The lowest BCUT2D eigenvalue weighted by Crippen LogP contribution is -2.32. The first-order valence-corrected chi connectivity index (χ1v) is 14.3. The normalized spacial score (nSPS) is 11.4. The van der Waals surface area contributed by atoms with Gasteiger partial charge in [-0.15, -0.1) is 0 Å². The molecule has 0 saturated carbocycles. The summed E-state index contributed by atoms with van der Waals surface area (Å²) >= 11 is 0. The van der Waals surface area contributed by atoms with Crippen molar-refractivity contribution in [3.8, 4) is 0 Å². The highest BCUT2D eigenvalue weighted by atomic mass is 16.5. The van der Waals surface area contributed by atoms with Crippen LogP contribution in [-0.4, -0.2) is 127 Å². The molecule has 0 atom stereocenters. The highest BCUT2D eigenvalue weighted by molar-refractivity contribution is 5.86. The Morgan fingerprint density at radius 2 is 1.30 bits per heavy atom. The average Bonchev–Trinajstić information content (AvgIpc) is 2.96. The SMILES string of the molecule is CCOCCN(CCOCCOCCN(CCOC)Cc1cc(CC(C)=O)cc(C(=O)O)n1)Cc1cccc(C(=O)O)n1. The van der Waals surface area contributed by atoms with E-state index in [1.165, 1.54) is 19.1 Å². The Morgan fingerprint density at radius 1 is 0.744 bits per heavy atom. The summed E-state index contributed by atoms with van der Waals surface area (Å²) in [5.41, 5.74) is 1.78. The number of carbonyl (C=O) groups excluding carboxylic acids is 1. The first-order valence-electron chi connectivity index (χ1n) is 14.3. The van der Waals surface area contributed by atoms with Crippen molar-refractivity contribution in [1.29, 1.82) is 0 Å². The number of hydrogen-bond acceptors (Lipinski definition) is 11. The summed E-state index contributed by atoms with van der Waals surface area (Å²) in [6.45, 7) is 10.0. The molecule has 0 amide bonds.